The van der Waals surface area contributed by atoms with E-state index in [2.05, 4.69) is 24.6 Å². The Morgan fingerprint density at radius 1 is 1.12 bits per heavy atom. The fourth-order valence-electron chi connectivity index (χ4n) is 5.73. The van der Waals surface area contributed by atoms with Crippen molar-refractivity contribution in [1.29, 1.82) is 0 Å². The van der Waals surface area contributed by atoms with Crippen LogP contribution in [0.4, 0.5) is 3.89 Å². The summed E-state index contributed by atoms with van der Waals surface area (Å²) in [5.74, 6) is 2.78. The average Bonchev–Trinajstić information content (AvgIpc) is 3.56. The number of nitrogens with one attached hydrogen (secondary N) is 1. The molecule has 1 aliphatic carbocycles. The van der Waals surface area contributed by atoms with Crippen LogP contribution in [0.3, 0.4) is 0 Å². The van der Waals surface area contributed by atoms with Crippen LogP contribution in [-0.4, -0.2) is 29.1 Å². The topological polar surface area (TPSA) is 103 Å². The monoisotopic (exact) mass is 559 g/mol. The van der Waals surface area contributed by atoms with Gasteiger partial charge in [-0.1, -0.05) is 28.7 Å². The molecule has 0 radical (unpaired) electrons. The van der Waals surface area contributed by atoms with Crippen LogP contribution in [0.2, 0.25) is 0 Å². The fourth-order valence-corrected chi connectivity index (χ4v) is 6.05. The lowest BCUT2D eigenvalue weighted by molar-refractivity contribution is 0.244. The van der Waals surface area contributed by atoms with Crippen LogP contribution in [-0.2, 0) is 10.5 Å². The molecular weight excluding hydrogens is 533 g/mol. The molecule has 0 aliphatic heterocycles. The van der Waals surface area contributed by atoms with E-state index in [4.69, 9.17) is 11.2 Å². The Kier molecular flexibility index (Phi) is 6.27. The van der Waals surface area contributed by atoms with Crippen molar-refractivity contribution in [3.8, 4) is 35.0 Å². The van der Waals surface area contributed by atoms with Crippen molar-refractivity contribution in [3.05, 3.63) is 64.6 Å². The molecule has 0 atom stereocenters. The number of terminal acetylenes is 1. The van der Waals surface area contributed by atoms with Crippen LogP contribution in [0.5, 0.6) is 11.5 Å². The third-order valence-electron chi connectivity index (χ3n) is 7.29. The lowest BCUT2D eigenvalue weighted by Gasteiger charge is -2.22. The van der Waals surface area contributed by atoms with Crippen molar-refractivity contribution in [2.45, 2.75) is 51.7 Å². The number of nitrogens with zero attached hydrogens (tertiary/aromatic N) is 2. The van der Waals surface area contributed by atoms with Crippen LogP contribution >= 0.6 is 0 Å². The molecule has 3 aromatic heterocycles. The molecule has 1 saturated carbocycles. The molecule has 0 amide bonds. The maximum Gasteiger partial charge on any atom is 0.488 e. The summed E-state index contributed by atoms with van der Waals surface area (Å²) < 4.78 is 48.3. The highest BCUT2D eigenvalue weighted by Gasteiger charge is 2.26. The molecule has 2 aromatic carbocycles. The summed E-state index contributed by atoms with van der Waals surface area (Å²) in [6, 6.07) is 10.7. The first-order chi connectivity index (χ1) is 19.1. The van der Waals surface area contributed by atoms with Gasteiger partial charge in [0.1, 0.15) is 11.4 Å². The molecule has 0 bridgehead atoms. The van der Waals surface area contributed by atoms with E-state index in [-0.39, 0.29) is 23.3 Å². The summed E-state index contributed by atoms with van der Waals surface area (Å²) >= 11 is 0. The number of pyridine rings is 2. The Morgan fingerprint density at radius 2 is 1.90 bits per heavy atom. The quantitative estimate of drug-likeness (QED) is 0.197. The average molecular weight is 560 g/mol. The van der Waals surface area contributed by atoms with Gasteiger partial charge in [-0.05, 0) is 57.0 Å². The summed E-state index contributed by atoms with van der Waals surface area (Å²) in [4.78, 5) is 21.6. The highest BCUT2D eigenvalue weighted by atomic mass is 32.3. The van der Waals surface area contributed by atoms with Crippen molar-refractivity contribution in [1.82, 2.24) is 14.5 Å². The Balaban J connectivity index is 1.71. The molecule has 0 spiro atoms. The van der Waals surface area contributed by atoms with E-state index < -0.39 is 10.5 Å². The van der Waals surface area contributed by atoms with Crippen LogP contribution < -0.4 is 14.3 Å². The molecule has 40 heavy (non-hydrogen) atoms. The van der Waals surface area contributed by atoms with Crippen LogP contribution in [0.1, 0.15) is 51.1 Å². The zero-order valence-electron chi connectivity index (χ0n) is 21.9. The number of H-pyrrole nitrogens is 1. The van der Waals surface area contributed by atoms with Crippen molar-refractivity contribution >= 4 is 43.3 Å². The summed E-state index contributed by atoms with van der Waals surface area (Å²) in [7, 11) is -5.24. The number of hydrogen-bond donors (Lipinski definition) is 1. The van der Waals surface area contributed by atoms with Gasteiger partial charge in [0.05, 0.1) is 28.6 Å². The third-order valence-corrected chi connectivity index (χ3v) is 7.68. The van der Waals surface area contributed by atoms with Crippen LogP contribution in [0.15, 0.2) is 53.6 Å². The fraction of sp³-hybridized carbons (Fsp3) is 0.267. The smallest absolute Gasteiger partial charge is 0.488 e. The van der Waals surface area contributed by atoms with Crippen molar-refractivity contribution in [2.24, 2.45) is 0 Å². The van der Waals surface area contributed by atoms with Gasteiger partial charge in [0.25, 0.3) is 0 Å². The van der Waals surface area contributed by atoms with Crippen LogP contribution in [0.25, 0.3) is 44.0 Å². The second-order valence-corrected chi connectivity index (χ2v) is 11.3. The second-order valence-electron chi connectivity index (χ2n) is 10.3. The maximum atomic E-state index is 14.1. The van der Waals surface area contributed by atoms with Crippen molar-refractivity contribution in [3.63, 3.8) is 0 Å². The van der Waals surface area contributed by atoms with Crippen molar-refractivity contribution < 1.29 is 21.2 Å². The number of fused-ring (bicyclic) bond motifs is 4. The van der Waals surface area contributed by atoms with E-state index in [0.29, 0.717) is 38.7 Å². The van der Waals surface area contributed by atoms with Gasteiger partial charge in [-0.2, -0.15) is 8.42 Å². The number of halogens is 1. The lowest BCUT2D eigenvalue weighted by atomic mass is 10.0. The van der Waals surface area contributed by atoms with E-state index in [1.54, 1.807) is 6.07 Å². The maximum absolute atomic E-state index is 14.1. The Bertz CT molecular complexity index is 2020. The van der Waals surface area contributed by atoms with Gasteiger partial charge in [-0.15, -0.1) is 6.42 Å². The molecule has 1 N–H and O–H groups in total. The lowest BCUT2D eigenvalue weighted by Crippen LogP contribution is -2.15. The molecule has 8 nitrogen and oxygen atoms in total. The molecule has 1 fully saturated rings. The van der Waals surface area contributed by atoms with E-state index in [1.807, 2.05) is 38.1 Å². The minimum absolute atomic E-state index is 0.141. The van der Waals surface area contributed by atoms with E-state index in [1.165, 1.54) is 12.3 Å². The highest BCUT2D eigenvalue weighted by molar-refractivity contribution is 7.81. The first-order valence-electron chi connectivity index (χ1n) is 13.0. The molecule has 0 saturated heterocycles. The summed E-state index contributed by atoms with van der Waals surface area (Å²) in [6.45, 7) is 3.73. The zero-order chi connectivity index (χ0) is 28.2. The number of hydrogen-bond acceptors (Lipinski definition) is 6. The molecule has 10 heteroatoms. The molecule has 1 aliphatic rings. The first kappa shape index (κ1) is 25.9. The highest BCUT2D eigenvalue weighted by Crippen LogP contribution is 2.40. The Morgan fingerprint density at radius 3 is 2.60 bits per heavy atom. The summed E-state index contributed by atoms with van der Waals surface area (Å²) in [5.41, 5.74) is 3.77. The molecule has 204 valence electrons. The van der Waals surface area contributed by atoms with Gasteiger partial charge >= 0.3 is 10.5 Å². The molecule has 6 rings (SSSR count). The minimum Gasteiger partial charge on any atom is -0.490 e. The number of ether oxygens (including phenoxy) is 1. The van der Waals surface area contributed by atoms with E-state index in [0.717, 1.165) is 48.4 Å². The molecule has 3 heterocycles. The summed E-state index contributed by atoms with van der Waals surface area (Å²) in [6.07, 6.45) is 12.1. The van der Waals surface area contributed by atoms with Crippen LogP contribution in [0, 0.1) is 12.3 Å². The van der Waals surface area contributed by atoms with Crippen molar-refractivity contribution in [2.75, 3.05) is 0 Å². The molecular formula is C30H26FN3O5S. The predicted molar refractivity (Wildman–Crippen MR) is 153 cm³/mol. The number of rotatable bonds is 6. The third kappa shape index (κ3) is 4.56. The predicted octanol–water partition coefficient (Wildman–Crippen LogP) is 6.17. The largest absolute Gasteiger partial charge is 0.490 e. The van der Waals surface area contributed by atoms with Gasteiger partial charge in [-0.3, -0.25) is 9.78 Å². The van der Waals surface area contributed by atoms with Gasteiger partial charge in [-0.25, -0.2) is 0 Å². The molecule has 0 unspecified atom stereocenters. The van der Waals surface area contributed by atoms with Gasteiger partial charge < -0.3 is 18.5 Å². The zero-order valence-corrected chi connectivity index (χ0v) is 22.7. The second kappa shape index (κ2) is 9.68. The summed E-state index contributed by atoms with van der Waals surface area (Å²) in [5, 5.41) is 1.88. The van der Waals surface area contributed by atoms with E-state index in [9.17, 15) is 17.1 Å². The Hall–Kier alpha value is -4.36. The molecule has 5 aromatic rings. The minimum atomic E-state index is -5.24. The number of aromatic nitrogens is 3. The first-order valence-corrected chi connectivity index (χ1v) is 14.3. The van der Waals surface area contributed by atoms with Gasteiger partial charge in [0, 0.05) is 39.8 Å². The normalized spacial score (nSPS) is 14.4. The van der Waals surface area contributed by atoms with Gasteiger partial charge in [0.15, 0.2) is 11.2 Å². The van der Waals surface area contributed by atoms with Gasteiger partial charge in [0.2, 0.25) is 0 Å². The van der Waals surface area contributed by atoms with E-state index >= 15 is 0 Å². The number of aromatic amines is 1. The SMILES string of the molecule is C#Cc1ccc2c(c1)[nH]c1c2c(=O)c2cc(OC(C)C)c(-c3cncc(OS(=O)(=O)F)c3)cc2n1C1CCCC1. The Labute approximate surface area is 230 Å². The standard InChI is InChI=1S/C30H26FN3O5S/c1-4-18-9-10-22-25(11-18)33-30-28(22)29(35)24-14-27(38-17(2)3)23(13-26(24)34(30)20-7-5-6-8-20)19-12-21(16-32-15-19)39-40(31,36)37/h1,9-17,20,33H,5-8H2,2-3H3. The number of benzene rings is 2.